The molecule has 4 rings (SSSR count). The van der Waals surface area contributed by atoms with Crippen LogP contribution in [0.5, 0.6) is 5.75 Å². The molecule has 4 N–H and O–H groups in total. The Balaban J connectivity index is 1.68. The molecule has 0 radical (unpaired) electrons. The lowest BCUT2D eigenvalue weighted by Gasteiger charge is -2.27. The number of nitrogens with one attached hydrogen (secondary N) is 1. The summed E-state index contributed by atoms with van der Waals surface area (Å²) in [4.78, 5) is 23.6. The third kappa shape index (κ3) is 5.94. The molecule has 8 nitrogen and oxygen atoms in total. The molecule has 0 saturated carbocycles. The maximum atomic E-state index is 15.2. The lowest BCUT2D eigenvalue weighted by atomic mass is 9.52. The maximum absolute atomic E-state index is 15.2. The zero-order chi connectivity index (χ0) is 26.9. The Labute approximate surface area is 216 Å². The van der Waals surface area contributed by atoms with Crippen LogP contribution >= 0.6 is 0 Å². The van der Waals surface area contributed by atoms with Gasteiger partial charge in [0.15, 0.2) is 5.82 Å². The first-order chi connectivity index (χ1) is 17.5. The minimum Gasteiger partial charge on any atom is -0.513 e. The van der Waals surface area contributed by atoms with Crippen LogP contribution in [0.25, 0.3) is 11.4 Å². The number of aryl methyl sites for hydroxylation is 1. The van der Waals surface area contributed by atoms with E-state index in [0.717, 1.165) is 0 Å². The Morgan fingerprint density at radius 3 is 2.73 bits per heavy atom. The van der Waals surface area contributed by atoms with Gasteiger partial charge in [0.05, 0.1) is 29.6 Å². The first-order valence-electron chi connectivity index (χ1n) is 12.0. The summed E-state index contributed by atoms with van der Waals surface area (Å²) >= 11 is 0. The van der Waals surface area contributed by atoms with Gasteiger partial charge in [0.25, 0.3) is 5.91 Å². The maximum Gasteiger partial charge on any atom is 0.274 e. The molecule has 2 aromatic carbocycles. The summed E-state index contributed by atoms with van der Waals surface area (Å²) in [6.07, 6.45) is 1.92. The highest BCUT2D eigenvalue weighted by atomic mass is 19.1. The van der Waals surface area contributed by atoms with E-state index in [2.05, 4.69) is 15.3 Å². The molecule has 1 amide bonds. The van der Waals surface area contributed by atoms with Crippen LogP contribution in [0.3, 0.4) is 0 Å². The number of hydrogen-bond donors (Lipinski definition) is 3. The number of nitrogens with two attached hydrogens (primary N) is 1. The average Bonchev–Trinajstić information content (AvgIpc) is 3.21. The minimum atomic E-state index is -0.633. The molecule has 1 fully saturated rings. The van der Waals surface area contributed by atoms with Crippen molar-refractivity contribution in [3.63, 3.8) is 0 Å². The van der Waals surface area contributed by atoms with Crippen molar-refractivity contribution in [2.24, 2.45) is 5.73 Å². The SMILES string of the molecule is BC(B)(B)Oc1ccc(C)c(F)c1-c1nccc(C(=O)Nc2cc(F)ccc2N2CC(N)C[C@H]2CO)n1. The van der Waals surface area contributed by atoms with Crippen LogP contribution in [0, 0.1) is 18.6 Å². The summed E-state index contributed by atoms with van der Waals surface area (Å²) in [5.41, 5.74) is 7.19. The summed E-state index contributed by atoms with van der Waals surface area (Å²) in [6, 6.07) is 8.23. The second-order valence-electron chi connectivity index (χ2n) is 10.1. The molecule has 0 aliphatic carbocycles. The van der Waals surface area contributed by atoms with E-state index in [-0.39, 0.29) is 47.2 Å². The van der Waals surface area contributed by atoms with E-state index in [1.54, 1.807) is 19.1 Å². The number of amides is 1. The van der Waals surface area contributed by atoms with Crippen molar-refractivity contribution in [2.75, 3.05) is 23.4 Å². The molecule has 1 aliphatic rings. The molecule has 0 bridgehead atoms. The van der Waals surface area contributed by atoms with Gasteiger partial charge in [0.2, 0.25) is 0 Å². The summed E-state index contributed by atoms with van der Waals surface area (Å²) in [5.74, 6) is -1.49. The van der Waals surface area contributed by atoms with Crippen LogP contribution in [-0.2, 0) is 0 Å². The molecule has 1 aliphatic heterocycles. The van der Waals surface area contributed by atoms with Crippen LogP contribution in [0.15, 0.2) is 42.6 Å². The third-order valence-corrected chi connectivity index (χ3v) is 6.00. The second-order valence-corrected chi connectivity index (χ2v) is 10.1. The van der Waals surface area contributed by atoms with E-state index in [9.17, 15) is 14.3 Å². The molecule has 13 heteroatoms. The van der Waals surface area contributed by atoms with Crippen LogP contribution in [0.1, 0.15) is 22.5 Å². The molecular formula is C24H28B3F2N5O3. The van der Waals surface area contributed by atoms with Crippen molar-refractivity contribution in [3.05, 3.63) is 65.5 Å². The van der Waals surface area contributed by atoms with E-state index in [1.165, 1.54) is 30.5 Å². The first kappa shape index (κ1) is 26.6. The normalized spacial score (nSPS) is 17.6. The van der Waals surface area contributed by atoms with Gasteiger partial charge in [-0.15, -0.1) is 0 Å². The predicted octanol–water partition coefficient (Wildman–Crippen LogP) is -0.230. The standard InChI is InChI=1S/C24H28B3F2N5O3/c1-12-2-5-19(37-24(25,26)27)20(21(12)29)22-31-7-6-16(32-22)23(36)33-17-8-13(28)3-4-18(17)34-10-14(30)9-15(34)11-35/h2-8,14-15,35H,9-11,25-27,30H2,1H3,(H,33,36)/t14?,15-/m0/s1. The van der Waals surface area contributed by atoms with E-state index in [0.29, 0.717) is 24.2 Å². The number of halogens is 2. The van der Waals surface area contributed by atoms with Crippen molar-refractivity contribution in [3.8, 4) is 17.1 Å². The average molecular weight is 505 g/mol. The van der Waals surface area contributed by atoms with Crippen LogP contribution in [0.4, 0.5) is 20.2 Å². The van der Waals surface area contributed by atoms with Crippen molar-refractivity contribution in [1.29, 1.82) is 0 Å². The van der Waals surface area contributed by atoms with Crippen molar-refractivity contribution >= 4 is 40.8 Å². The van der Waals surface area contributed by atoms with E-state index in [4.69, 9.17) is 10.5 Å². The monoisotopic (exact) mass is 505 g/mol. The molecule has 37 heavy (non-hydrogen) atoms. The summed E-state index contributed by atoms with van der Waals surface area (Å²) in [7, 11) is 5.51. The van der Waals surface area contributed by atoms with Gasteiger partial charge in [-0.25, -0.2) is 18.7 Å². The lowest BCUT2D eigenvalue weighted by Crippen LogP contribution is -2.37. The van der Waals surface area contributed by atoms with Gasteiger partial charge in [-0.2, -0.15) is 0 Å². The molecule has 1 aromatic heterocycles. The fraction of sp³-hybridized carbons (Fsp3) is 0.292. The Bertz CT molecular complexity index is 1330. The molecule has 2 atom stereocenters. The molecule has 1 saturated heterocycles. The summed E-state index contributed by atoms with van der Waals surface area (Å²) in [6.45, 7) is 1.93. The Hall–Kier alpha value is -3.44. The highest BCUT2D eigenvalue weighted by Crippen LogP contribution is 2.35. The highest BCUT2D eigenvalue weighted by Gasteiger charge is 2.31. The molecule has 1 unspecified atom stereocenters. The van der Waals surface area contributed by atoms with Crippen molar-refractivity contribution < 1.29 is 23.4 Å². The number of carbonyl (C=O) groups is 1. The summed E-state index contributed by atoms with van der Waals surface area (Å²) in [5, 5.41) is 11.9. The van der Waals surface area contributed by atoms with Gasteiger partial charge in [-0.05, 0) is 49.2 Å². The smallest absolute Gasteiger partial charge is 0.274 e. The molecule has 0 spiro atoms. The number of ether oxygens (including phenoxy) is 1. The lowest BCUT2D eigenvalue weighted by molar-refractivity contribution is 0.102. The highest BCUT2D eigenvalue weighted by molar-refractivity contribution is 6.58. The zero-order valence-electron chi connectivity index (χ0n) is 21.3. The molecule has 190 valence electrons. The van der Waals surface area contributed by atoms with Gasteiger partial charge in [0.1, 0.15) is 46.6 Å². The number of aromatic nitrogens is 2. The number of rotatable bonds is 7. The quantitative estimate of drug-likeness (QED) is 0.381. The summed E-state index contributed by atoms with van der Waals surface area (Å²) < 4.78 is 35.3. The number of aliphatic hydroxyl groups excluding tert-OH is 1. The first-order valence-corrected chi connectivity index (χ1v) is 12.0. The van der Waals surface area contributed by atoms with E-state index >= 15 is 4.39 Å². The number of hydrogen-bond acceptors (Lipinski definition) is 7. The van der Waals surface area contributed by atoms with E-state index < -0.39 is 22.8 Å². The molecule has 3 aromatic rings. The number of anilines is 2. The van der Waals surface area contributed by atoms with Crippen molar-refractivity contribution in [1.82, 2.24) is 9.97 Å². The van der Waals surface area contributed by atoms with Crippen LogP contribution < -0.4 is 20.7 Å². The second kappa shape index (κ2) is 10.5. The predicted molar refractivity (Wildman–Crippen MR) is 146 cm³/mol. The van der Waals surface area contributed by atoms with E-state index in [1.807, 2.05) is 28.4 Å². The van der Waals surface area contributed by atoms with Gasteiger partial charge in [-0.3, -0.25) is 4.79 Å². The number of aliphatic hydroxyl groups is 1. The van der Waals surface area contributed by atoms with Gasteiger partial charge >= 0.3 is 0 Å². The van der Waals surface area contributed by atoms with Gasteiger partial charge in [0, 0.05) is 24.1 Å². The Morgan fingerprint density at radius 2 is 2.03 bits per heavy atom. The zero-order valence-corrected chi connectivity index (χ0v) is 21.3. The van der Waals surface area contributed by atoms with Crippen LogP contribution in [-0.4, -0.2) is 75.1 Å². The largest absolute Gasteiger partial charge is 0.513 e. The Morgan fingerprint density at radius 1 is 1.27 bits per heavy atom. The van der Waals surface area contributed by atoms with Crippen molar-refractivity contribution in [2.45, 2.75) is 30.7 Å². The number of benzene rings is 2. The van der Waals surface area contributed by atoms with Gasteiger partial charge < -0.3 is 25.8 Å². The number of nitrogens with zero attached hydrogens (tertiary/aromatic N) is 3. The van der Waals surface area contributed by atoms with Crippen LogP contribution in [0.2, 0.25) is 0 Å². The fourth-order valence-electron chi connectivity index (χ4n) is 4.36. The molecular weight excluding hydrogens is 477 g/mol. The topological polar surface area (TPSA) is 114 Å². The minimum absolute atomic E-state index is 0.0153. The Kier molecular flexibility index (Phi) is 7.56. The van der Waals surface area contributed by atoms with Gasteiger partial charge in [-0.1, -0.05) is 6.07 Å². The third-order valence-electron chi connectivity index (χ3n) is 6.00. The molecule has 2 heterocycles. The fourth-order valence-corrected chi connectivity index (χ4v) is 4.36. The number of carbonyl (C=O) groups excluding carboxylic acids is 1.